The van der Waals surface area contributed by atoms with Crippen LogP contribution in [0.25, 0.3) is 0 Å². The second-order valence-electron chi connectivity index (χ2n) is 10.3. The molecule has 3 aromatic rings. The van der Waals surface area contributed by atoms with Crippen LogP contribution in [0.5, 0.6) is 5.75 Å². The first-order valence-electron chi connectivity index (χ1n) is 13.1. The van der Waals surface area contributed by atoms with Gasteiger partial charge in [-0.3, -0.25) is 9.59 Å². The van der Waals surface area contributed by atoms with E-state index in [2.05, 4.69) is 4.98 Å². The molecule has 2 amide bonds. The van der Waals surface area contributed by atoms with Gasteiger partial charge >= 0.3 is 10.2 Å². The van der Waals surface area contributed by atoms with Crippen LogP contribution in [0.15, 0.2) is 34.7 Å². The highest BCUT2D eigenvalue weighted by molar-refractivity contribution is 7.87. The molecule has 10 nitrogen and oxygen atoms in total. The van der Waals surface area contributed by atoms with Crippen LogP contribution in [0.2, 0.25) is 0 Å². The maximum absolute atomic E-state index is 14.1. The third-order valence-electron chi connectivity index (χ3n) is 7.24. The zero-order chi connectivity index (χ0) is 29.2. The van der Waals surface area contributed by atoms with E-state index in [1.165, 1.54) is 25.4 Å². The number of aromatic nitrogens is 1. The first-order valence-corrected chi connectivity index (χ1v) is 15.3. The fourth-order valence-electron chi connectivity index (χ4n) is 4.58. The minimum atomic E-state index is -3.96. The van der Waals surface area contributed by atoms with Gasteiger partial charge in [0.15, 0.2) is 0 Å². The number of nitrogens with zero attached hydrogens (tertiary/aromatic N) is 3. The number of ether oxygens (including phenoxy) is 1. The minimum absolute atomic E-state index is 0.0125. The van der Waals surface area contributed by atoms with Gasteiger partial charge in [0, 0.05) is 31.9 Å². The average molecular weight is 589 g/mol. The van der Waals surface area contributed by atoms with Gasteiger partial charge in [-0.15, -0.1) is 11.3 Å². The molecule has 1 aliphatic rings. The van der Waals surface area contributed by atoms with E-state index in [1.807, 2.05) is 48.9 Å². The summed E-state index contributed by atoms with van der Waals surface area (Å²) in [6.07, 6.45) is 2.87. The van der Waals surface area contributed by atoms with Crippen molar-refractivity contribution in [3.8, 4) is 5.75 Å². The normalized spacial score (nSPS) is 14.3. The molecule has 1 N–H and O–H groups in total. The predicted octanol–water partition coefficient (Wildman–Crippen LogP) is 3.90. The van der Waals surface area contributed by atoms with Crippen LogP contribution in [-0.4, -0.2) is 62.2 Å². The van der Waals surface area contributed by atoms with Crippen LogP contribution in [0.1, 0.15) is 62.3 Å². The average Bonchev–Trinajstić information content (AvgIpc) is 3.54. The predicted molar refractivity (Wildman–Crippen MR) is 153 cm³/mol. The van der Waals surface area contributed by atoms with Gasteiger partial charge in [-0.1, -0.05) is 12.1 Å². The van der Waals surface area contributed by atoms with Crippen LogP contribution in [0, 0.1) is 20.8 Å². The molecule has 2 heterocycles. The second-order valence-corrected chi connectivity index (χ2v) is 13.5. The lowest BCUT2D eigenvalue weighted by molar-refractivity contribution is -0.134. The van der Waals surface area contributed by atoms with E-state index in [-0.39, 0.29) is 18.1 Å². The number of nitrogens with one attached hydrogen (secondary N) is 1. The molecular weight excluding hydrogens is 552 g/mol. The number of rotatable bonds is 12. The van der Waals surface area contributed by atoms with Crippen molar-refractivity contribution in [3.63, 3.8) is 0 Å². The standard InChI is InChI=1S/C28H36N4O6S2/c1-18-16-23(38-19(18)2)8-7-15-32(27(34)28(13-14-28)21-9-11-22(37-6)12-10-21)17-24-29-25(20(3)39-24)26(33)30-40(35,36)31(4)5/h9-12,16H,7-8,13-15,17H2,1-6H3,(H,30,33). The molecule has 1 fully saturated rings. The Morgan fingerprint density at radius 1 is 1.15 bits per heavy atom. The lowest BCUT2D eigenvalue weighted by atomic mass is 9.94. The number of furan rings is 1. The van der Waals surface area contributed by atoms with E-state index >= 15 is 0 Å². The Labute approximate surface area is 239 Å². The topological polar surface area (TPSA) is 122 Å². The largest absolute Gasteiger partial charge is 0.497 e. The highest BCUT2D eigenvalue weighted by atomic mass is 32.2. The molecule has 4 rings (SSSR count). The highest BCUT2D eigenvalue weighted by Gasteiger charge is 2.53. The molecule has 0 bridgehead atoms. The molecule has 0 radical (unpaired) electrons. The van der Waals surface area contributed by atoms with E-state index in [1.54, 1.807) is 18.9 Å². The Balaban J connectivity index is 1.56. The quantitative estimate of drug-likeness (QED) is 0.341. The van der Waals surface area contributed by atoms with Gasteiger partial charge in [-0.05, 0) is 69.4 Å². The van der Waals surface area contributed by atoms with Crippen molar-refractivity contribution in [1.29, 1.82) is 0 Å². The molecule has 2 aromatic heterocycles. The molecule has 216 valence electrons. The van der Waals surface area contributed by atoms with E-state index in [4.69, 9.17) is 9.15 Å². The number of aryl methyl sites for hydroxylation is 4. The van der Waals surface area contributed by atoms with Crippen LogP contribution in [0.3, 0.4) is 0 Å². The van der Waals surface area contributed by atoms with Gasteiger partial charge in [0.2, 0.25) is 5.91 Å². The maximum atomic E-state index is 14.1. The Morgan fingerprint density at radius 3 is 2.38 bits per heavy atom. The molecule has 0 saturated heterocycles. The van der Waals surface area contributed by atoms with Crippen LogP contribution in [0.4, 0.5) is 0 Å². The van der Waals surface area contributed by atoms with Crippen molar-refractivity contribution in [2.24, 2.45) is 0 Å². The van der Waals surface area contributed by atoms with Crippen molar-refractivity contribution < 1.29 is 27.2 Å². The SMILES string of the molecule is COc1ccc(C2(C(=O)N(CCCc3cc(C)c(C)o3)Cc3nc(C(=O)NS(=O)(=O)N(C)C)c(C)s3)CC2)cc1. The number of carbonyl (C=O) groups excluding carboxylic acids is 2. The lowest BCUT2D eigenvalue weighted by Crippen LogP contribution is -2.40. The molecule has 1 aliphatic carbocycles. The summed E-state index contributed by atoms with van der Waals surface area (Å²) >= 11 is 1.28. The van der Waals surface area contributed by atoms with Gasteiger partial charge in [0.25, 0.3) is 5.91 Å². The monoisotopic (exact) mass is 588 g/mol. The van der Waals surface area contributed by atoms with Crippen LogP contribution in [-0.2, 0) is 33.4 Å². The zero-order valence-electron chi connectivity index (χ0n) is 23.7. The number of methoxy groups -OCH3 is 1. The summed E-state index contributed by atoms with van der Waals surface area (Å²) in [5.74, 6) is 1.71. The van der Waals surface area contributed by atoms with Gasteiger partial charge in [-0.2, -0.15) is 12.7 Å². The molecule has 0 aliphatic heterocycles. The molecule has 40 heavy (non-hydrogen) atoms. The zero-order valence-corrected chi connectivity index (χ0v) is 25.4. The second kappa shape index (κ2) is 11.7. The van der Waals surface area contributed by atoms with Crippen molar-refractivity contribution >= 4 is 33.4 Å². The van der Waals surface area contributed by atoms with Crippen LogP contribution >= 0.6 is 11.3 Å². The van der Waals surface area contributed by atoms with Gasteiger partial charge in [0.05, 0.1) is 19.1 Å². The van der Waals surface area contributed by atoms with Gasteiger partial charge < -0.3 is 14.1 Å². The smallest absolute Gasteiger partial charge is 0.303 e. The highest BCUT2D eigenvalue weighted by Crippen LogP contribution is 2.50. The number of hydrogen-bond donors (Lipinski definition) is 1. The van der Waals surface area contributed by atoms with Crippen LogP contribution < -0.4 is 9.46 Å². The third kappa shape index (κ3) is 6.39. The van der Waals surface area contributed by atoms with E-state index in [9.17, 15) is 18.0 Å². The molecular formula is C28H36N4O6S2. The van der Waals surface area contributed by atoms with Gasteiger partial charge in [-0.25, -0.2) is 9.71 Å². The molecule has 1 aromatic carbocycles. The third-order valence-corrected chi connectivity index (χ3v) is 9.60. The fraction of sp³-hybridized carbons (Fsp3) is 0.464. The Bertz CT molecular complexity index is 1470. The van der Waals surface area contributed by atoms with Crippen molar-refractivity contribution in [2.45, 2.75) is 58.4 Å². The molecule has 1 saturated carbocycles. The summed E-state index contributed by atoms with van der Waals surface area (Å²) in [5.41, 5.74) is 1.48. The van der Waals surface area contributed by atoms with Gasteiger partial charge in [0.1, 0.15) is 28.0 Å². The number of hydrogen-bond acceptors (Lipinski definition) is 8. The van der Waals surface area contributed by atoms with E-state index in [0.29, 0.717) is 29.3 Å². The first-order chi connectivity index (χ1) is 18.9. The Morgan fingerprint density at radius 2 is 1.82 bits per heavy atom. The molecule has 0 spiro atoms. The molecule has 0 atom stereocenters. The summed E-state index contributed by atoms with van der Waals surface area (Å²) in [6, 6.07) is 9.64. The summed E-state index contributed by atoms with van der Waals surface area (Å²) in [4.78, 5) is 33.6. The summed E-state index contributed by atoms with van der Waals surface area (Å²) in [7, 11) is 0.316. The number of amides is 2. The van der Waals surface area contributed by atoms with Crippen molar-refractivity contribution in [1.82, 2.24) is 18.9 Å². The summed E-state index contributed by atoms with van der Waals surface area (Å²) in [6.45, 7) is 6.34. The molecule has 0 unspecified atom stereocenters. The Kier molecular flexibility index (Phi) is 8.72. The fourth-order valence-corrected chi connectivity index (χ4v) is 6.04. The maximum Gasteiger partial charge on any atom is 0.303 e. The van der Waals surface area contributed by atoms with Crippen molar-refractivity contribution in [2.75, 3.05) is 27.7 Å². The molecule has 12 heteroatoms. The minimum Gasteiger partial charge on any atom is -0.497 e. The lowest BCUT2D eigenvalue weighted by Gasteiger charge is -2.27. The number of thiazole rings is 1. The Hall–Kier alpha value is -3.22. The number of carbonyl (C=O) groups is 2. The van der Waals surface area contributed by atoms with Crippen molar-refractivity contribution in [3.05, 3.63) is 68.6 Å². The number of benzene rings is 1. The van der Waals surface area contributed by atoms with E-state index in [0.717, 1.165) is 45.5 Å². The summed E-state index contributed by atoms with van der Waals surface area (Å²) in [5, 5.41) is 0.563. The van der Waals surface area contributed by atoms with E-state index < -0.39 is 21.5 Å². The first kappa shape index (κ1) is 29.8. The summed E-state index contributed by atoms with van der Waals surface area (Å²) < 4.78 is 38.4.